The van der Waals surface area contributed by atoms with E-state index in [1.54, 1.807) is 38.4 Å². The summed E-state index contributed by atoms with van der Waals surface area (Å²) in [5.74, 6) is -10.7. The second-order valence-corrected chi connectivity index (χ2v) is 10.4. The van der Waals surface area contributed by atoms with Crippen molar-refractivity contribution in [2.75, 3.05) is 19.8 Å². The fraction of sp³-hybridized carbons (Fsp3) is 0.370. The Kier molecular flexibility index (Phi) is 5.58. The first-order valence-electron chi connectivity index (χ1n) is 11.9. The number of likely N-dealkylation sites (N-methyl/N-ethyl adjacent to an activating group) is 1. The minimum Gasteiger partial charge on any atom is -0.507 e. The molecule has 1 amide bonds. The number of ketones is 4. The van der Waals surface area contributed by atoms with Gasteiger partial charge in [0.25, 0.3) is 0 Å². The van der Waals surface area contributed by atoms with Crippen LogP contribution in [0.1, 0.15) is 22.3 Å². The van der Waals surface area contributed by atoms with Crippen molar-refractivity contribution in [3.8, 4) is 16.9 Å². The van der Waals surface area contributed by atoms with Gasteiger partial charge in [-0.05, 0) is 67.7 Å². The number of hydrogen-bond donors (Lipinski definition) is 4. The number of fused-ring (bicyclic) bond motifs is 3. The number of primary amides is 1. The summed E-state index contributed by atoms with van der Waals surface area (Å²) in [6.45, 7) is 0. The normalized spacial score (nSPS) is 31.1. The number of hydrogen-bond acceptors (Lipinski definition) is 9. The zero-order valence-corrected chi connectivity index (χ0v) is 20.3. The van der Waals surface area contributed by atoms with Gasteiger partial charge in [-0.15, -0.1) is 0 Å². The van der Waals surface area contributed by atoms with E-state index in [1.807, 2.05) is 6.07 Å². The third-order valence-corrected chi connectivity index (χ3v) is 8.14. The zero-order chi connectivity index (χ0) is 27.0. The average molecular weight is 506 g/mol. The minimum atomic E-state index is -2.74. The number of phenols is 1. The molecule has 0 radical (unpaired) electrons. The SMILES string of the molecule is CN(C)C1C(=O)C(C(N)=O)C(=O)C2(O)C(=O)C3C(=O)c4c(O)ccc(-c5cccc(N)c5)c4CC3CC12. The topological polar surface area (TPSA) is 181 Å². The largest absolute Gasteiger partial charge is 0.507 e. The number of carbonyl (C=O) groups excluding carboxylic acids is 5. The fourth-order valence-corrected chi connectivity index (χ4v) is 6.58. The van der Waals surface area contributed by atoms with Crippen LogP contribution in [0.2, 0.25) is 0 Å². The molecule has 192 valence electrons. The van der Waals surface area contributed by atoms with E-state index in [0.717, 1.165) is 5.56 Å². The molecule has 0 bridgehead atoms. The molecule has 2 fully saturated rings. The predicted octanol–water partition coefficient (Wildman–Crippen LogP) is 0.116. The van der Waals surface area contributed by atoms with Gasteiger partial charge in [-0.3, -0.25) is 28.9 Å². The molecule has 5 rings (SSSR count). The molecule has 6 atom stereocenters. The van der Waals surface area contributed by atoms with E-state index in [1.165, 1.54) is 11.0 Å². The van der Waals surface area contributed by atoms with Crippen molar-refractivity contribution >= 4 is 34.7 Å². The summed E-state index contributed by atoms with van der Waals surface area (Å²) in [5, 5.41) is 22.3. The molecule has 0 heterocycles. The van der Waals surface area contributed by atoms with Crippen molar-refractivity contribution in [3.63, 3.8) is 0 Å². The second-order valence-electron chi connectivity index (χ2n) is 10.4. The Morgan fingerprint density at radius 3 is 2.41 bits per heavy atom. The fourth-order valence-electron chi connectivity index (χ4n) is 6.58. The van der Waals surface area contributed by atoms with Crippen LogP contribution in [0.15, 0.2) is 36.4 Å². The first-order chi connectivity index (χ1) is 17.4. The summed E-state index contributed by atoms with van der Waals surface area (Å²) in [4.78, 5) is 67.5. The Labute approximate surface area is 212 Å². The number of anilines is 1. The van der Waals surface area contributed by atoms with Crippen molar-refractivity contribution in [1.82, 2.24) is 4.90 Å². The van der Waals surface area contributed by atoms with Crippen molar-refractivity contribution in [1.29, 1.82) is 0 Å². The molecule has 0 saturated heterocycles. The highest BCUT2D eigenvalue weighted by atomic mass is 16.3. The van der Waals surface area contributed by atoms with Crippen LogP contribution in [0, 0.1) is 23.7 Å². The number of benzene rings is 2. The number of amides is 1. The van der Waals surface area contributed by atoms with Crippen LogP contribution in [-0.2, 0) is 25.6 Å². The summed E-state index contributed by atoms with van der Waals surface area (Å²) in [6, 6.07) is 8.92. The lowest BCUT2D eigenvalue weighted by Gasteiger charge is -2.52. The van der Waals surface area contributed by atoms with Crippen molar-refractivity contribution in [2.24, 2.45) is 29.4 Å². The van der Waals surface area contributed by atoms with Gasteiger partial charge in [0.05, 0.1) is 17.5 Å². The quantitative estimate of drug-likeness (QED) is 0.333. The van der Waals surface area contributed by atoms with Crippen LogP contribution in [-0.4, -0.2) is 69.9 Å². The van der Waals surface area contributed by atoms with Crippen LogP contribution in [0.5, 0.6) is 5.75 Å². The molecule has 6 unspecified atom stereocenters. The Balaban J connectivity index is 1.67. The van der Waals surface area contributed by atoms with E-state index < -0.39 is 64.4 Å². The highest BCUT2D eigenvalue weighted by molar-refractivity contribution is 6.32. The van der Waals surface area contributed by atoms with Gasteiger partial charge in [0.1, 0.15) is 5.75 Å². The zero-order valence-electron chi connectivity index (χ0n) is 20.3. The minimum absolute atomic E-state index is 0.00405. The Morgan fingerprint density at radius 2 is 1.78 bits per heavy atom. The third kappa shape index (κ3) is 3.36. The number of carbonyl (C=O) groups is 5. The molecule has 0 aromatic heterocycles. The highest BCUT2D eigenvalue weighted by Crippen LogP contribution is 2.51. The molecule has 10 nitrogen and oxygen atoms in total. The number of nitrogen functional groups attached to an aromatic ring is 1. The smallest absolute Gasteiger partial charge is 0.235 e. The Hall–Kier alpha value is -3.89. The van der Waals surface area contributed by atoms with Gasteiger partial charge in [0, 0.05) is 11.6 Å². The lowest BCUT2D eigenvalue weighted by molar-refractivity contribution is -0.181. The number of nitrogens with zero attached hydrogens (tertiary/aromatic N) is 1. The summed E-state index contributed by atoms with van der Waals surface area (Å²) < 4.78 is 0. The molecule has 37 heavy (non-hydrogen) atoms. The molecular weight excluding hydrogens is 478 g/mol. The maximum Gasteiger partial charge on any atom is 0.235 e. The first-order valence-corrected chi connectivity index (χ1v) is 11.9. The molecule has 3 aliphatic rings. The predicted molar refractivity (Wildman–Crippen MR) is 131 cm³/mol. The molecule has 2 saturated carbocycles. The maximum absolute atomic E-state index is 13.8. The van der Waals surface area contributed by atoms with Crippen LogP contribution in [0.25, 0.3) is 11.1 Å². The summed E-state index contributed by atoms with van der Waals surface area (Å²) >= 11 is 0. The van der Waals surface area contributed by atoms with Crippen LogP contribution in [0.4, 0.5) is 5.69 Å². The summed E-state index contributed by atoms with van der Waals surface area (Å²) in [7, 11) is 3.09. The van der Waals surface area contributed by atoms with Crippen molar-refractivity contribution in [3.05, 3.63) is 47.5 Å². The molecule has 0 spiro atoms. The highest BCUT2D eigenvalue weighted by Gasteiger charge is 2.69. The van der Waals surface area contributed by atoms with E-state index in [2.05, 4.69) is 0 Å². The summed E-state index contributed by atoms with van der Waals surface area (Å²) in [6.07, 6.45) is 0.181. The standard InChI is InChI=1S/C27H27N3O7/c1-30(2)21-16-10-12-9-15-14(11-4-3-5-13(28)8-11)6-7-17(31)19(15)22(32)18(12)24(34)27(16,37)25(35)20(23(21)33)26(29)36/h3-8,12,16,18,20-21,31,37H,9-10,28H2,1-2H3,(H2,29,36). The van der Waals surface area contributed by atoms with Gasteiger partial charge in [-0.2, -0.15) is 0 Å². The van der Waals surface area contributed by atoms with Gasteiger partial charge < -0.3 is 21.7 Å². The van der Waals surface area contributed by atoms with Crippen molar-refractivity contribution < 1.29 is 34.2 Å². The van der Waals surface area contributed by atoms with Crippen LogP contribution in [0.3, 0.4) is 0 Å². The maximum atomic E-state index is 13.8. The number of aromatic hydroxyl groups is 1. The number of nitrogens with two attached hydrogens (primary N) is 2. The molecular formula is C27H27N3O7. The van der Waals surface area contributed by atoms with Gasteiger partial charge in [-0.25, -0.2) is 0 Å². The second kappa shape index (κ2) is 8.32. The number of Topliss-reactive ketones (excluding diaryl/α,β-unsaturated/α-hetero) is 4. The van der Waals surface area contributed by atoms with E-state index >= 15 is 0 Å². The van der Waals surface area contributed by atoms with Gasteiger partial charge in [0.15, 0.2) is 34.7 Å². The van der Waals surface area contributed by atoms with Gasteiger partial charge in [-0.1, -0.05) is 18.2 Å². The average Bonchev–Trinajstić information content (AvgIpc) is 2.81. The van der Waals surface area contributed by atoms with E-state index in [0.29, 0.717) is 16.8 Å². The van der Waals surface area contributed by atoms with Gasteiger partial charge >= 0.3 is 0 Å². The first kappa shape index (κ1) is 24.8. The Morgan fingerprint density at radius 1 is 1.08 bits per heavy atom. The van der Waals surface area contributed by atoms with E-state index in [4.69, 9.17) is 11.5 Å². The molecule has 2 aromatic carbocycles. The lowest BCUT2D eigenvalue weighted by Crippen LogP contribution is -2.74. The molecule has 0 aliphatic heterocycles. The molecule has 2 aromatic rings. The lowest BCUT2D eigenvalue weighted by atomic mass is 9.52. The molecule has 6 N–H and O–H groups in total. The Bertz CT molecular complexity index is 1400. The molecule has 10 heteroatoms. The van der Waals surface area contributed by atoms with Gasteiger partial charge in [0.2, 0.25) is 5.91 Å². The summed E-state index contributed by atoms with van der Waals surface area (Å²) in [5.41, 5.74) is 10.9. The third-order valence-electron chi connectivity index (χ3n) is 8.14. The van der Waals surface area contributed by atoms with Crippen LogP contribution >= 0.6 is 0 Å². The monoisotopic (exact) mass is 505 g/mol. The number of rotatable bonds is 3. The van der Waals surface area contributed by atoms with E-state index in [9.17, 15) is 34.2 Å². The van der Waals surface area contributed by atoms with E-state index in [-0.39, 0.29) is 24.2 Å². The van der Waals surface area contributed by atoms with Crippen molar-refractivity contribution in [2.45, 2.75) is 24.5 Å². The number of aliphatic hydroxyl groups is 1. The number of phenolic OH excluding ortho intramolecular Hbond substituents is 1. The molecule has 3 aliphatic carbocycles. The van der Waals surface area contributed by atoms with Crippen LogP contribution < -0.4 is 11.5 Å².